The van der Waals surface area contributed by atoms with Gasteiger partial charge in [0.2, 0.25) is 0 Å². The largest absolute Gasteiger partial charge is 0.488 e. The van der Waals surface area contributed by atoms with Gasteiger partial charge in [0, 0.05) is 0 Å². The molecule has 1 N–H and O–H groups in total. The van der Waals surface area contributed by atoms with E-state index < -0.39 is 17.8 Å². The fourth-order valence-corrected chi connectivity index (χ4v) is 4.02. The predicted octanol–water partition coefficient (Wildman–Crippen LogP) is 5.31. The van der Waals surface area contributed by atoms with Gasteiger partial charge in [-0.2, -0.15) is 0 Å². The third-order valence-corrected chi connectivity index (χ3v) is 5.73. The number of imide groups is 2. The summed E-state index contributed by atoms with van der Waals surface area (Å²) in [6, 6.07) is 19.5. The highest BCUT2D eigenvalue weighted by Crippen LogP contribution is 2.29. The van der Waals surface area contributed by atoms with Gasteiger partial charge in [-0.15, -0.1) is 0 Å². The van der Waals surface area contributed by atoms with E-state index in [2.05, 4.69) is 27.3 Å². The number of carbonyl (C=O) groups is 3. The van der Waals surface area contributed by atoms with E-state index in [0.717, 1.165) is 21.6 Å². The van der Waals surface area contributed by atoms with Gasteiger partial charge in [-0.25, -0.2) is 9.69 Å². The van der Waals surface area contributed by atoms with Crippen molar-refractivity contribution in [2.24, 2.45) is 0 Å². The quantitative estimate of drug-likeness (QED) is 0.377. The highest BCUT2D eigenvalue weighted by atomic mass is 79.9. The number of anilines is 1. The molecule has 1 aliphatic heterocycles. The molecule has 1 heterocycles. The summed E-state index contributed by atoms with van der Waals surface area (Å²) in [4.78, 5) is 38.8. The number of ether oxygens (including phenoxy) is 1. The molecule has 0 bridgehead atoms. The highest BCUT2D eigenvalue weighted by molar-refractivity contribution is 9.10. The van der Waals surface area contributed by atoms with Crippen LogP contribution in [0.4, 0.5) is 10.5 Å². The number of carbonyl (C=O) groups excluding carboxylic acids is 3. The number of hydrogen-bond donors (Lipinski definition) is 1. The lowest BCUT2D eigenvalue weighted by atomic mass is 10.1. The number of benzene rings is 3. The molecular formula is C26H21BrN2O4. The van der Waals surface area contributed by atoms with Gasteiger partial charge in [-0.05, 0) is 76.8 Å². The molecule has 1 aliphatic rings. The molecule has 33 heavy (non-hydrogen) atoms. The molecule has 7 heteroatoms. The van der Waals surface area contributed by atoms with E-state index in [-0.39, 0.29) is 5.57 Å². The lowest BCUT2D eigenvalue weighted by molar-refractivity contribution is -0.122. The van der Waals surface area contributed by atoms with Crippen LogP contribution in [0.2, 0.25) is 0 Å². The van der Waals surface area contributed by atoms with Crippen LogP contribution >= 0.6 is 15.9 Å². The van der Waals surface area contributed by atoms with Crippen molar-refractivity contribution in [2.45, 2.75) is 20.5 Å². The zero-order valence-electron chi connectivity index (χ0n) is 18.1. The Hall–Kier alpha value is -3.71. The molecule has 0 saturated carbocycles. The highest BCUT2D eigenvalue weighted by Gasteiger charge is 2.36. The zero-order valence-corrected chi connectivity index (χ0v) is 19.7. The number of aryl methyl sites for hydroxylation is 2. The summed E-state index contributed by atoms with van der Waals surface area (Å²) in [6.45, 7) is 4.30. The number of urea groups is 1. The monoisotopic (exact) mass is 504 g/mol. The Labute approximate surface area is 200 Å². The molecule has 1 fully saturated rings. The zero-order chi connectivity index (χ0) is 23.5. The van der Waals surface area contributed by atoms with E-state index in [1.165, 1.54) is 6.08 Å². The minimum Gasteiger partial charge on any atom is -0.488 e. The number of hydrogen-bond acceptors (Lipinski definition) is 4. The fourth-order valence-electron chi connectivity index (χ4n) is 3.51. The fraction of sp³-hybridized carbons (Fsp3) is 0.115. The molecule has 0 aromatic heterocycles. The van der Waals surface area contributed by atoms with Crippen LogP contribution in [-0.2, 0) is 16.2 Å². The van der Waals surface area contributed by atoms with Gasteiger partial charge in [-0.3, -0.25) is 14.9 Å². The number of nitrogens with one attached hydrogen (secondary N) is 1. The smallest absolute Gasteiger partial charge is 0.335 e. The van der Waals surface area contributed by atoms with Crippen LogP contribution in [0.25, 0.3) is 6.08 Å². The summed E-state index contributed by atoms with van der Waals surface area (Å²) >= 11 is 3.49. The average molecular weight is 505 g/mol. The third-order valence-electron chi connectivity index (χ3n) is 5.11. The van der Waals surface area contributed by atoms with Crippen molar-refractivity contribution in [3.63, 3.8) is 0 Å². The summed E-state index contributed by atoms with van der Waals surface area (Å²) in [5.41, 5.74) is 3.99. The van der Waals surface area contributed by atoms with Gasteiger partial charge in [-0.1, -0.05) is 48.0 Å². The van der Waals surface area contributed by atoms with Gasteiger partial charge in [0.1, 0.15) is 17.9 Å². The Balaban J connectivity index is 1.57. The van der Waals surface area contributed by atoms with Crippen molar-refractivity contribution in [1.29, 1.82) is 0 Å². The Morgan fingerprint density at radius 1 is 0.939 bits per heavy atom. The predicted molar refractivity (Wildman–Crippen MR) is 130 cm³/mol. The first-order valence-electron chi connectivity index (χ1n) is 10.3. The van der Waals surface area contributed by atoms with Crippen LogP contribution in [-0.4, -0.2) is 17.8 Å². The van der Waals surface area contributed by atoms with Gasteiger partial charge in [0.15, 0.2) is 0 Å². The van der Waals surface area contributed by atoms with Crippen molar-refractivity contribution < 1.29 is 19.1 Å². The van der Waals surface area contributed by atoms with Crippen LogP contribution in [0.5, 0.6) is 5.75 Å². The molecule has 3 aromatic rings. The Morgan fingerprint density at radius 3 is 2.36 bits per heavy atom. The number of amides is 4. The van der Waals surface area contributed by atoms with Crippen LogP contribution in [0.3, 0.4) is 0 Å². The summed E-state index contributed by atoms with van der Waals surface area (Å²) in [5.74, 6) is -0.773. The third kappa shape index (κ3) is 5.04. The van der Waals surface area contributed by atoms with Crippen LogP contribution in [0.15, 0.2) is 76.8 Å². The molecule has 4 amide bonds. The van der Waals surface area contributed by atoms with Crippen LogP contribution in [0, 0.1) is 13.8 Å². The second-order valence-corrected chi connectivity index (χ2v) is 8.62. The Bertz CT molecular complexity index is 1300. The molecule has 0 aliphatic carbocycles. The molecule has 4 rings (SSSR count). The van der Waals surface area contributed by atoms with Crippen molar-refractivity contribution in [3.8, 4) is 5.75 Å². The van der Waals surface area contributed by atoms with Gasteiger partial charge in [0.25, 0.3) is 11.8 Å². The van der Waals surface area contributed by atoms with E-state index in [1.54, 1.807) is 36.4 Å². The Kier molecular flexibility index (Phi) is 6.42. The molecule has 1 saturated heterocycles. The number of rotatable bonds is 5. The first-order chi connectivity index (χ1) is 15.8. The maximum absolute atomic E-state index is 13.0. The number of nitrogens with zero attached hydrogens (tertiary/aromatic N) is 1. The van der Waals surface area contributed by atoms with Gasteiger partial charge >= 0.3 is 6.03 Å². The van der Waals surface area contributed by atoms with E-state index in [0.29, 0.717) is 28.1 Å². The first-order valence-corrected chi connectivity index (χ1v) is 11.1. The lowest BCUT2D eigenvalue weighted by Crippen LogP contribution is -2.54. The summed E-state index contributed by atoms with van der Waals surface area (Å²) < 4.78 is 6.58. The topological polar surface area (TPSA) is 75.7 Å². The maximum atomic E-state index is 13.0. The second kappa shape index (κ2) is 9.42. The standard InChI is InChI=1S/C26H21BrN2O4/c1-16-5-3-7-19(11-16)15-33-23-10-9-18(14-22(23)27)13-21-24(30)28-26(32)29(25(21)31)20-8-4-6-17(2)12-20/h3-14H,15H2,1-2H3,(H,28,30,32)/b21-13+. The van der Waals surface area contributed by atoms with Gasteiger partial charge < -0.3 is 4.74 Å². The van der Waals surface area contributed by atoms with Crippen molar-refractivity contribution in [3.05, 3.63) is 99.0 Å². The SMILES string of the molecule is Cc1cccc(COc2ccc(/C=C3\C(=O)NC(=O)N(c4cccc(C)c4)C3=O)cc2Br)c1. The van der Waals surface area contributed by atoms with Gasteiger partial charge in [0.05, 0.1) is 10.2 Å². The van der Waals surface area contributed by atoms with Crippen LogP contribution in [0.1, 0.15) is 22.3 Å². The minimum absolute atomic E-state index is 0.128. The van der Waals surface area contributed by atoms with E-state index in [1.807, 2.05) is 38.1 Å². The van der Waals surface area contributed by atoms with E-state index in [9.17, 15) is 14.4 Å². The number of barbiturate groups is 1. The molecular weight excluding hydrogens is 484 g/mol. The molecule has 6 nitrogen and oxygen atoms in total. The first kappa shape index (κ1) is 22.5. The lowest BCUT2D eigenvalue weighted by Gasteiger charge is -2.26. The molecule has 0 spiro atoms. The van der Waals surface area contributed by atoms with Crippen molar-refractivity contribution in [2.75, 3.05) is 4.90 Å². The second-order valence-electron chi connectivity index (χ2n) is 7.76. The van der Waals surface area contributed by atoms with Crippen molar-refractivity contribution in [1.82, 2.24) is 5.32 Å². The van der Waals surface area contributed by atoms with E-state index in [4.69, 9.17) is 4.74 Å². The summed E-state index contributed by atoms with van der Waals surface area (Å²) in [5, 5.41) is 2.24. The molecule has 166 valence electrons. The average Bonchev–Trinajstić information content (AvgIpc) is 2.76. The molecule has 3 aromatic carbocycles. The molecule has 0 atom stereocenters. The van der Waals surface area contributed by atoms with E-state index >= 15 is 0 Å². The molecule has 0 unspecified atom stereocenters. The van der Waals surface area contributed by atoms with Crippen LogP contribution < -0.4 is 15.0 Å². The summed E-state index contributed by atoms with van der Waals surface area (Å²) in [6.07, 6.45) is 1.46. The Morgan fingerprint density at radius 2 is 1.67 bits per heavy atom. The number of halogens is 1. The molecule has 0 radical (unpaired) electrons. The minimum atomic E-state index is -0.770. The maximum Gasteiger partial charge on any atom is 0.335 e. The summed E-state index contributed by atoms with van der Waals surface area (Å²) in [7, 11) is 0. The van der Waals surface area contributed by atoms with Crippen molar-refractivity contribution >= 4 is 45.5 Å². The normalized spacial score (nSPS) is 15.1.